The van der Waals surface area contributed by atoms with E-state index in [2.05, 4.69) is 21.9 Å². The zero-order valence-corrected chi connectivity index (χ0v) is 11.1. The normalized spacial score (nSPS) is 17.1. The molecule has 2 rings (SSSR count). The predicted octanol–water partition coefficient (Wildman–Crippen LogP) is 2.30. The van der Waals surface area contributed by atoms with Gasteiger partial charge < -0.3 is 9.64 Å². The van der Waals surface area contributed by atoms with Crippen LogP contribution in [0, 0.1) is 12.8 Å². The van der Waals surface area contributed by atoms with Crippen molar-refractivity contribution in [3.05, 3.63) is 17.0 Å². The van der Waals surface area contributed by atoms with E-state index in [-0.39, 0.29) is 0 Å². The number of anilines is 1. The molecule has 1 saturated heterocycles. The van der Waals surface area contributed by atoms with E-state index >= 15 is 0 Å². The number of aromatic nitrogens is 2. The molecule has 4 nitrogen and oxygen atoms in total. The molecule has 5 heteroatoms. The minimum absolute atomic E-state index is 0.310. The minimum atomic E-state index is 0.310. The van der Waals surface area contributed by atoms with Gasteiger partial charge in [-0.2, -0.15) is 0 Å². The lowest BCUT2D eigenvalue weighted by molar-refractivity contribution is 0.0685. The van der Waals surface area contributed by atoms with Crippen molar-refractivity contribution >= 4 is 17.4 Å². The van der Waals surface area contributed by atoms with Gasteiger partial charge in [-0.05, 0) is 37.3 Å². The fraction of sp³-hybridized carbons (Fsp3) is 0.667. The van der Waals surface area contributed by atoms with Gasteiger partial charge in [0.1, 0.15) is 5.82 Å². The summed E-state index contributed by atoms with van der Waals surface area (Å²) in [6.07, 6.45) is 4.02. The van der Waals surface area contributed by atoms with Crippen molar-refractivity contribution in [3.8, 4) is 0 Å². The Morgan fingerprint density at radius 1 is 1.47 bits per heavy atom. The molecule has 0 amide bonds. The van der Waals surface area contributed by atoms with E-state index in [1.165, 1.54) is 0 Å². The number of nitrogens with zero attached hydrogens (tertiary/aromatic N) is 3. The fourth-order valence-corrected chi connectivity index (χ4v) is 2.33. The topological polar surface area (TPSA) is 38.2 Å². The molecule has 0 aromatic carbocycles. The highest BCUT2D eigenvalue weighted by Gasteiger charge is 2.17. The second-order valence-corrected chi connectivity index (χ2v) is 4.92. The summed E-state index contributed by atoms with van der Waals surface area (Å²) in [5.41, 5.74) is 1.06. The van der Waals surface area contributed by atoms with Gasteiger partial charge in [-0.3, -0.25) is 0 Å². The van der Waals surface area contributed by atoms with Gasteiger partial charge >= 0.3 is 0 Å². The van der Waals surface area contributed by atoms with Crippen LogP contribution in [0.25, 0.3) is 0 Å². The van der Waals surface area contributed by atoms with Crippen LogP contribution in [0.3, 0.4) is 0 Å². The summed E-state index contributed by atoms with van der Waals surface area (Å²) in [6.45, 7) is 4.76. The molecule has 0 saturated carbocycles. The van der Waals surface area contributed by atoms with Crippen molar-refractivity contribution in [2.45, 2.75) is 19.8 Å². The molecular formula is C12H18ClN3O. The monoisotopic (exact) mass is 255 g/mol. The van der Waals surface area contributed by atoms with Crippen LogP contribution in [0.2, 0.25) is 5.28 Å². The van der Waals surface area contributed by atoms with Gasteiger partial charge in [0.05, 0.1) is 0 Å². The molecular weight excluding hydrogens is 238 g/mol. The lowest BCUT2D eigenvalue weighted by atomic mass is 10.00. The highest BCUT2D eigenvalue weighted by atomic mass is 35.5. The molecule has 0 radical (unpaired) electrons. The number of rotatable bonds is 3. The molecule has 1 fully saturated rings. The molecule has 0 bridgehead atoms. The molecule has 94 valence electrons. The summed E-state index contributed by atoms with van der Waals surface area (Å²) < 4.78 is 5.36. The van der Waals surface area contributed by atoms with Crippen molar-refractivity contribution < 1.29 is 4.74 Å². The van der Waals surface area contributed by atoms with Crippen molar-refractivity contribution in [2.75, 3.05) is 31.7 Å². The van der Waals surface area contributed by atoms with E-state index in [4.69, 9.17) is 16.3 Å². The second-order valence-electron chi connectivity index (χ2n) is 4.58. The quantitative estimate of drug-likeness (QED) is 0.777. The van der Waals surface area contributed by atoms with Crippen LogP contribution >= 0.6 is 11.6 Å². The number of halogens is 1. The Kier molecular flexibility index (Phi) is 4.18. The molecule has 1 aromatic rings. The molecule has 17 heavy (non-hydrogen) atoms. The third-order valence-corrected chi connectivity index (χ3v) is 3.33. The highest BCUT2D eigenvalue weighted by molar-refractivity contribution is 6.28. The van der Waals surface area contributed by atoms with Crippen LogP contribution in [0.5, 0.6) is 0 Å². The Morgan fingerprint density at radius 2 is 2.18 bits per heavy atom. The van der Waals surface area contributed by atoms with Crippen LogP contribution < -0.4 is 4.90 Å². The Morgan fingerprint density at radius 3 is 2.88 bits per heavy atom. The zero-order chi connectivity index (χ0) is 12.3. The van der Waals surface area contributed by atoms with Crippen molar-refractivity contribution in [3.63, 3.8) is 0 Å². The van der Waals surface area contributed by atoms with E-state index in [9.17, 15) is 0 Å². The zero-order valence-electron chi connectivity index (χ0n) is 10.3. The smallest absolute Gasteiger partial charge is 0.224 e. The molecule has 0 aliphatic carbocycles. The lowest BCUT2D eigenvalue weighted by Gasteiger charge is -2.28. The Hall–Kier alpha value is -0.870. The maximum absolute atomic E-state index is 5.83. The van der Waals surface area contributed by atoms with Crippen molar-refractivity contribution in [1.29, 1.82) is 0 Å². The van der Waals surface area contributed by atoms with E-state index in [1.54, 1.807) is 6.20 Å². The van der Waals surface area contributed by atoms with Gasteiger partial charge in [-0.1, -0.05) is 0 Å². The summed E-state index contributed by atoms with van der Waals surface area (Å²) in [4.78, 5) is 10.4. The average Bonchev–Trinajstić information content (AvgIpc) is 2.33. The largest absolute Gasteiger partial charge is 0.381 e. The molecule has 1 aliphatic rings. The van der Waals surface area contributed by atoms with E-state index in [0.717, 1.165) is 44.0 Å². The summed E-state index contributed by atoms with van der Waals surface area (Å²) in [5, 5.41) is 0.310. The van der Waals surface area contributed by atoms with Crippen LogP contribution in [-0.4, -0.2) is 36.8 Å². The molecule has 0 N–H and O–H groups in total. The predicted molar refractivity (Wildman–Crippen MR) is 68.6 cm³/mol. The first-order valence-corrected chi connectivity index (χ1v) is 6.32. The van der Waals surface area contributed by atoms with Crippen molar-refractivity contribution in [1.82, 2.24) is 9.97 Å². The van der Waals surface area contributed by atoms with Crippen LogP contribution in [0.15, 0.2) is 6.20 Å². The first kappa shape index (κ1) is 12.6. The number of hydrogen-bond acceptors (Lipinski definition) is 4. The average molecular weight is 256 g/mol. The molecule has 2 heterocycles. The minimum Gasteiger partial charge on any atom is -0.381 e. The van der Waals surface area contributed by atoms with Gasteiger partial charge in [-0.15, -0.1) is 0 Å². The second kappa shape index (κ2) is 5.65. The molecule has 0 unspecified atom stereocenters. The number of hydrogen-bond donors (Lipinski definition) is 0. The standard InChI is InChI=1S/C12H18ClN3O/c1-9-7-14-12(13)15-11(9)16(2)8-10-3-5-17-6-4-10/h7,10H,3-6,8H2,1-2H3. The van der Waals surface area contributed by atoms with Gasteiger partial charge in [0.25, 0.3) is 0 Å². The van der Waals surface area contributed by atoms with E-state index in [0.29, 0.717) is 11.2 Å². The molecule has 1 aliphatic heterocycles. The summed E-state index contributed by atoms with van der Waals surface area (Å²) in [6, 6.07) is 0. The summed E-state index contributed by atoms with van der Waals surface area (Å²) in [5.74, 6) is 1.61. The van der Waals surface area contributed by atoms with Gasteiger partial charge in [0.2, 0.25) is 5.28 Å². The summed E-state index contributed by atoms with van der Waals surface area (Å²) in [7, 11) is 2.06. The molecule has 0 atom stereocenters. The maximum atomic E-state index is 5.83. The number of ether oxygens (including phenoxy) is 1. The Bertz CT molecular complexity index is 380. The van der Waals surface area contributed by atoms with Gasteiger partial charge in [0.15, 0.2) is 0 Å². The van der Waals surface area contributed by atoms with Gasteiger partial charge in [-0.25, -0.2) is 9.97 Å². The van der Waals surface area contributed by atoms with Crippen molar-refractivity contribution in [2.24, 2.45) is 5.92 Å². The lowest BCUT2D eigenvalue weighted by Crippen LogP contribution is -2.30. The highest BCUT2D eigenvalue weighted by Crippen LogP contribution is 2.21. The van der Waals surface area contributed by atoms with Gasteiger partial charge in [0, 0.05) is 38.6 Å². The third kappa shape index (κ3) is 3.30. The van der Waals surface area contributed by atoms with E-state index < -0.39 is 0 Å². The Balaban J connectivity index is 2.02. The number of aryl methyl sites for hydroxylation is 1. The van der Waals surface area contributed by atoms with E-state index in [1.807, 2.05) is 6.92 Å². The molecule has 1 aromatic heterocycles. The summed E-state index contributed by atoms with van der Waals surface area (Å²) >= 11 is 5.83. The fourth-order valence-electron chi connectivity index (χ4n) is 2.20. The van der Waals surface area contributed by atoms with Crippen LogP contribution in [-0.2, 0) is 4.74 Å². The SMILES string of the molecule is Cc1cnc(Cl)nc1N(C)CC1CCOCC1. The maximum Gasteiger partial charge on any atom is 0.224 e. The Labute approximate surface area is 107 Å². The third-order valence-electron chi connectivity index (χ3n) is 3.15. The first-order chi connectivity index (χ1) is 8.16. The first-order valence-electron chi connectivity index (χ1n) is 5.95. The van der Waals surface area contributed by atoms with Crippen LogP contribution in [0.1, 0.15) is 18.4 Å². The van der Waals surface area contributed by atoms with Crippen LogP contribution in [0.4, 0.5) is 5.82 Å². The molecule has 0 spiro atoms.